The van der Waals surface area contributed by atoms with Crippen LogP contribution in [0, 0.1) is 13.8 Å². The smallest absolute Gasteiger partial charge is 0.322 e. The number of nitrogens with two attached hydrogens (primary N) is 1. The number of aryl methyl sites for hydroxylation is 2. The van der Waals surface area contributed by atoms with Crippen LogP contribution in [-0.4, -0.2) is 24.2 Å². The van der Waals surface area contributed by atoms with E-state index in [-0.39, 0.29) is 0 Å². The quantitative estimate of drug-likeness (QED) is 0.709. The second kappa shape index (κ2) is 5.09. The molecular formula is C12H18N2O2. The molecule has 0 heterocycles. The molecule has 4 heteroatoms. The van der Waals surface area contributed by atoms with Crippen LogP contribution in [0.2, 0.25) is 0 Å². The highest BCUT2D eigenvalue weighted by molar-refractivity contribution is 5.75. The van der Waals surface area contributed by atoms with Gasteiger partial charge in [0.05, 0.1) is 6.04 Å². The van der Waals surface area contributed by atoms with E-state index in [1.165, 1.54) is 0 Å². The standard InChI is InChI=1S/C12H18N2O2/c1-7-4-5-8(2)9(6-7)10(13)11(14-3)12(15)16/h4-6,10-11,14H,13H2,1-3H3,(H,15,16). The first kappa shape index (κ1) is 12.7. The van der Waals surface area contributed by atoms with Gasteiger partial charge in [-0.05, 0) is 32.0 Å². The van der Waals surface area contributed by atoms with Crippen molar-refractivity contribution < 1.29 is 9.90 Å². The molecule has 0 spiro atoms. The highest BCUT2D eigenvalue weighted by Gasteiger charge is 2.25. The van der Waals surface area contributed by atoms with Crippen LogP contribution in [-0.2, 0) is 4.79 Å². The molecule has 2 atom stereocenters. The molecule has 0 fully saturated rings. The fourth-order valence-corrected chi connectivity index (χ4v) is 1.76. The summed E-state index contributed by atoms with van der Waals surface area (Å²) >= 11 is 0. The summed E-state index contributed by atoms with van der Waals surface area (Å²) in [4.78, 5) is 11.0. The number of carboxylic acids is 1. The van der Waals surface area contributed by atoms with Crippen molar-refractivity contribution in [1.29, 1.82) is 0 Å². The first-order chi connectivity index (χ1) is 7.47. The third kappa shape index (κ3) is 2.59. The fraction of sp³-hybridized carbons (Fsp3) is 0.417. The largest absolute Gasteiger partial charge is 0.480 e. The molecule has 0 bridgehead atoms. The summed E-state index contributed by atoms with van der Waals surface area (Å²) in [7, 11) is 1.60. The molecule has 1 aromatic carbocycles. The van der Waals surface area contributed by atoms with Crippen molar-refractivity contribution in [2.45, 2.75) is 25.9 Å². The summed E-state index contributed by atoms with van der Waals surface area (Å²) in [5.74, 6) is -0.934. The number of aliphatic carboxylic acids is 1. The number of hydrogen-bond acceptors (Lipinski definition) is 3. The monoisotopic (exact) mass is 222 g/mol. The first-order valence-corrected chi connectivity index (χ1v) is 5.20. The van der Waals surface area contributed by atoms with Crippen LogP contribution < -0.4 is 11.1 Å². The number of carbonyl (C=O) groups is 1. The lowest BCUT2D eigenvalue weighted by molar-refractivity contribution is -0.139. The minimum absolute atomic E-state index is 0.539. The van der Waals surface area contributed by atoms with E-state index in [4.69, 9.17) is 10.8 Å². The van der Waals surface area contributed by atoms with Crippen molar-refractivity contribution >= 4 is 5.97 Å². The zero-order valence-electron chi connectivity index (χ0n) is 9.82. The third-order valence-electron chi connectivity index (χ3n) is 2.73. The summed E-state index contributed by atoms with van der Waals surface area (Å²) in [6, 6.07) is 4.58. The number of benzene rings is 1. The summed E-state index contributed by atoms with van der Waals surface area (Å²) in [6.45, 7) is 3.90. The van der Waals surface area contributed by atoms with Crippen molar-refractivity contribution in [2.75, 3.05) is 7.05 Å². The Kier molecular flexibility index (Phi) is 4.04. The van der Waals surface area contributed by atoms with E-state index in [0.29, 0.717) is 0 Å². The molecule has 4 N–H and O–H groups in total. The summed E-state index contributed by atoms with van der Waals surface area (Å²) in [5.41, 5.74) is 8.95. The molecule has 4 nitrogen and oxygen atoms in total. The molecule has 0 amide bonds. The number of nitrogens with one attached hydrogen (secondary N) is 1. The van der Waals surface area contributed by atoms with E-state index in [2.05, 4.69) is 5.32 Å². The Bertz CT molecular complexity index is 391. The number of rotatable bonds is 4. The van der Waals surface area contributed by atoms with Gasteiger partial charge in [0.1, 0.15) is 6.04 Å². The van der Waals surface area contributed by atoms with E-state index in [9.17, 15) is 4.79 Å². The van der Waals surface area contributed by atoms with E-state index >= 15 is 0 Å². The van der Waals surface area contributed by atoms with Gasteiger partial charge >= 0.3 is 5.97 Å². The SMILES string of the molecule is CNC(C(=O)O)C(N)c1cc(C)ccc1C. The molecule has 0 aromatic heterocycles. The maximum Gasteiger partial charge on any atom is 0.322 e. The van der Waals surface area contributed by atoms with Crippen molar-refractivity contribution in [3.63, 3.8) is 0 Å². The molecule has 16 heavy (non-hydrogen) atoms. The number of carboxylic acid groups (broad SMARTS) is 1. The lowest BCUT2D eigenvalue weighted by Gasteiger charge is -2.21. The molecule has 1 rings (SSSR count). The molecule has 88 valence electrons. The maximum absolute atomic E-state index is 11.0. The predicted molar refractivity (Wildman–Crippen MR) is 63.3 cm³/mol. The first-order valence-electron chi connectivity index (χ1n) is 5.20. The number of likely N-dealkylation sites (N-methyl/N-ethyl adjacent to an activating group) is 1. The van der Waals surface area contributed by atoms with Crippen LogP contribution in [0.15, 0.2) is 18.2 Å². The van der Waals surface area contributed by atoms with Gasteiger partial charge in [-0.3, -0.25) is 4.79 Å². The Morgan fingerprint density at radius 2 is 2.06 bits per heavy atom. The topological polar surface area (TPSA) is 75.3 Å². The van der Waals surface area contributed by atoms with Crippen LogP contribution in [0.25, 0.3) is 0 Å². The van der Waals surface area contributed by atoms with Crippen LogP contribution in [0.4, 0.5) is 0 Å². The molecule has 0 aliphatic rings. The van der Waals surface area contributed by atoms with Gasteiger partial charge in [0.25, 0.3) is 0 Å². The van der Waals surface area contributed by atoms with Gasteiger partial charge in [-0.25, -0.2) is 0 Å². The second-order valence-electron chi connectivity index (χ2n) is 3.99. The van der Waals surface area contributed by atoms with Crippen LogP contribution in [0.5, 0.6) is 0 Å². The van der Waals surface area contributed by atoms with E-state index < -0.39 is 18.1 Å². The third-order valence-corrected chi connectivity index (χ3v) is 2.73. The highest BCUT2D eigenvalue weighted by Crippen LogP contribution is 2.20. The zero-order chi connectivity index (χ0) is 12.3. The Labute approximate surface area is 95.5 Å². The molecule has 0 saturated heterocycles. The Morgan fingerprint density at radius 3 is 2.56 bits per heavy atom. The van der Waals surface area contributed by atoms with E-state index in [0.717, 1.165) is 16.7 Å². The Morgan fingerprint density at radius 1 is 1.44 bits per heavy atom. The van der Waals surface area contributed by atoms with Gasteiger partial charge < -0.3 is 16.2 Å². The highest BCUT2D eigenvalue weighted by atomic mass is 16.4. The van der Waals surface area contributed by atoms with Crippen molar-refractivity contribution in [1.82, 2.24) is 5.32 Å². The molecule has 0 saturated carbocycles. The Hall–Kier alpha value is -1.39. The van der Waals surface area contributed by atoms with Crippen molar-refractivity contribution in [3.8, 4) is 0 Å². The Balaban J connectivity index is 3.07. The lowest BCUT2D eigenvalue weighted by atomic mass is 9.94. The van der Waals surface area contributed by atoms with E-state index in [1.807, 2.05) is 32.0 Å². The lowest BCUT2D eigenvalue weighted by Crippen LogP contribution is -2.43. The molecule has 1 aromatic rings. The summed E-state index contributed by atoms with van der Waals surface area (Å²) in [5, 5.41) is 11.7. The van der Waals surface area contributed by atoms with Gasteiger partial charge in [-0.2, -0.15) is 0 Å². The summed E-state index contributed by atoms with van der Waals surface area (Å²) < 4.78 is 0. The molecule has 0 aliphatic carbocycles. The second-order valence-corrected chi connectivity index (χ2v) is 3.99. The average molecular weight is 222 g/mol. The molecular weight excluding hydrogens is 204 g/mol. The average Bonchev–Trinajstić information content (AvgIpc) is 2.22. The van der Waals surface area contributed by atoms with Crippen LogP contribution in [0.3, 0.4) is 0 Å². The molecule has 2 unspecified atom stereocenters. The minimum atomic E-state index is -0.934. The molecule has 0 radical (unpaired) electrons. The van der Waals surface area contributed by atoms with Gasteiger partial charge in [0.15, 0.2) is 0 Å². The van der Waals surface area contributed by atoms with Gasteiger partial charge in [0.2, 0.25) is 0 Å². The summed E-state index contributed by atoms with van der Waals surface area (Å²) in [6.07, 6.45) is 0. The maximum atomic E-state index is 11.0. The predicted octanol–water partition coefficient (Wildman–Crippen LogP) is 0.976. The van der Waals surface area contributed by atoms with Gasteiger partial charge in [0, 0.05) is 0 Å². The van der Waals surface area contributed by atoms with Crippen LogP contribution >= 0.6 is 0 Å². The normalized spacial score (nSPS) is 14.5. The minimum Gasteiger partial charge on any atom is -0.480 e. The molecule has 0 aliphatic heterocycles. The zero-order valence-corrected chi connectivity index (χ0v) is 9.82. The van der Waals surface area contributed by atoms with Gasteiger partial charge in [-0.1, -0.05) is 23.8 Å². The van der Waals surface area contributed by atoms with E-state index in [1.54, 1.807) is 7.05 Å². The number of hydrogen-bond donors (Lipinski definition) is 3. The fourth-order valence-electron chi connectivity index (χ4n) is 1.76. The van der Waals surface area contributed by atoms with Gasteiger partial charge in [-0.15, -0.1) is 0 Å². The van der Waals surface area contributed by atoms with Crippen molar-refractivity contribution in [3.05, 3.63) is 34.9 Å². The van der Waals surface area contributed by atoms with Crippen LogP contribution in [0.1, 0.15) is 22.7 Å². The van der Waals surface area contributed by atoms with Crippen molar-refractivity contribution in [2.24, 2.45) is 5.73 Å².